The van der Waals surface area contributed by atoms with E-state index in [1.807, 2.05) is 30.5 Å². The van der Waals surface area contributed by atoms with Crippen molar-refractivity contribution in [3.63, 3.8) is 0 Å². The van der Waals surface area contributed by atoms with Gasteiger partial charge in [0.1, 0.15) is 0 Å². The van der Waals surface area contributed by atoms with Crippen molar-refractivity contribution >= 4 is 27.5 Å². The number of aliphatic hydroxyl groups is 1. The molecule has 1 N–H and O–H groups in total. The van der Waals surface area contributed by atoms with E-state index in [2.05, 4.69) is 20.5 Å². The molecular weight excluding hydrogens is 314 g/mol. The van der Waals surface area contributed by atoms with Crippen molar-refractivity contribution in [2.75, 3.05) is 0 Å². The van der Waals surface area contributed by atoms with E-state index in [0.29, 0.717) is 0 Å². The van der Waals surface area contributed by atoms with Gasteiger partial charge in [0.25, 0.3) is 0 Å². The Morgan fingerprint density at radius 1 is 1.33 bits per heavy atom. The van der Waals surface area contributed by atoms with Gasteiger partial charge in [-0.05, 0) is 43.5 Å². The van der Waals surface area contributed by atoms with Crippen LogP contribution in [0.1, 0.15) is 30.2 Å². The maximum atomic E-state index is 9.99. The van der Waals surface area contributed by atoms with Crippen molar-refractivity contribution < 1.29 is 5.11 Å². The zero-order valence-electron chi connectivity index (χ0n) is 9.74. The predicted octanol–water partition coefficient (Wildman–Crippen LogP) is 4.26. The Hall–Kier alpha value is -0.770. The van der Waals surface area contributed by atoms with Gasteiger partial charge in [-0.25, -0.2) is 0 Å². The average Bonchev–Trinajstić information content (AvgIpc) is 2.77. The second-order valence-corrected chi connectivity index (χ2v) is 5.91. The van der Waals surface area contributed by atoms with E-state index in [1.165, 1.54) is 5.69 Å². The summed E-state index contributed by atoms with van der Waals surface area (Å²) in [6, 6.07) is 7.81. The van der Waals surface area contributed by atoms with E-state index in [0.717, 1.165) is 40.0 Å². The Kier molecular flexibility index (Phi) is 3.22. The summed E-state index contributed by atoms with van der Waals surface area (Å²) in [5, 5.41) is 10.7. The van der Waals surface area contributed by atoms with E-state index >= 15 is 0 Å². The number of nitrogens with zero attached hydrogens (tertiary/aromatic N) is 1. The molecule has 2 nitrogen and oxygen atoms in total. The Balaban J connectivity index is 2.15. The zero-order chi connectivity index (χ0) is 12.7. The van der Waals surface area contributed by atoms with Crippen LogP contribution in [0.3, 0.4) is 0 Å². The highest BCUT2D eigenvalue weighted by Gasteiger charge is 2.22. The second-order valence-electron chi connectivity index (χ2n) is 4.59. The smallest absolute Gasteiger partial charge is 0.0807 e. The van der Waals surface area contributed by atoms with Crippen molar-refractivity contribution in [2.24, 2.45) is 0 Å². The largest absolute Gasteiger partial charge is 0.388 e. The average molecular weight is 327 g/mol. The van der Waals surface area contributed by atoms with Crippen LogP contribution in [0.2, 0.25) is 5.02 Å². The minimum absolute atomic E-state index is 0.332. The highest BCUT2D eigenvalue weighted by atomic mass is 79.9. The SMILES string of the molecule is OC1CCCc2c1ccn2-c1cc(Br)ccc1Cl. The van der Waals surface area contributed by atoms with E-state index in [1.54, 1.807) is 0 Å². The lowest BCUT2D eigenvalue weighted by Gasteiger charge is -2.20. The number of benzene rings is 1. The van der Waals surface area contributed by atoms with Gasteiger partial charge >= 0.3 is 0 Å². The second kappa shape index (κ2) is 4.72. The molecule has 2 aromatic rings. The summed E-state index contributed by atoms with van der Waals surface area (Å²) in [7, 11) is 0. The monoisotopic (exact) mass is 325 g/mol. The number of hydrogen-bond donors (Lipinski definition) is 1. The van der Waals surface area contributed by atoms with Crippen LogP contribution >= 0.6 is 27.5 Å². The van der Waals surface area contributed by atoms with E-state index < -0.39 is 0 Å². The first-order chi connectivity index (χ1) is 8.66. The topological polar surface area (TPSA) is 25.2 Å². The van der Waals surface area contributed by atoms with Gasteiger partial charge in [0.2, 0.25) is 0 Å². The minimum Gasteiger partial charge on any atom is -0.388 e. The van der Waals surface area contributed by atoms with Gasteiger partial charge < -0.3 is 9.67 Å². The Bertz CT molecular complexity index is 593. The molecule has 0 aliphatic heterocycles. The Morgan fingerprint density at radius 3 is 3.00 bits per heavy atom. The molecule has 18 heavy (non-hydrogen) atoms. The van der Waals surface area contributed by atoms with Crippen molar-refractivity contribution in [1.82, 2.24) is 4.57 Å². The molecule has 1 heterocycles. The molecule has 0 amide bonds. The predicted molar refractivity (Wildman–Crippen MR) is 76.4 cm³/mol. The molecular formula is C14H13BrClNO. The third-order valence-corrected chi connectivity index (χ3v) is 4.26. The number of halogens is 2. The lowest BCUT2D eigenvalue weighted by molar-refractivity contribution is 0.156. The molecule has 0 radical (unpaired) electrons. The molecule has 1 unspecified atom stereocenters. The van der Waals surface area contributed by atoms with E-state index in [4.69, 9.17) is 11.6 Å². The summed E-state index contributed by atoms with van der Waals surface area (Å²) in [6.45, 7) is 0. The van der Waals surface area contributed by atoms with Crippen LogP contribution < -0.4 is 0 Å². The summed E-state index contributed by atoms with van der Waals surface area (Å²) < 4.78 is 3.09. The van der Waals surface area contributed by atoms with Gasteiger partial charge in [0.15, 0.2) is 0 Å². The van der Waals surface area contributed by atoms with Crippen LogP contribution in [-0.4, -0.2) is 9.67 Å². The van der Waals surface area contributed by atoms with Crippen LogP contribution in [0, 0.1) is 0 Å². The van der Waals surface area contributed by atoms with Crippen LogP contribution in [0.4, 0.5) is 0 Å². The Morgan fingerprint density at radius 2 is 2.17 bits per heavy atom. The summed E-state index contributed by atoms with van der Waals surface area (Å²) in [4.78, 5) is 0. The molecule has 0 saturated heterocycles. The van der Waals surface area contributed by atoms with Gasteiger partial charge in [-0.15, -0.1) is 0 Å². The minimum atomic E-state index is -0.332. The molecule has 4 heteroatoms. The third kappa shape index (κ3) is 2.00. The quantitative estimate of drug-likeness (QED) is 0.832. The van der Waals surface area contributed by atoms with Gasteiger partial charge in [0.05, 0.1) is 16.8 Å². The molecule has 0 fully saturated rings. The summed E-state index contributed by atoms with van der Waals surface area (Å²) in [5.74, 6) is 0. The molecule has 1 aliphatic carbocycles. The van der Waals surface area contributed by atoms with Crippen LogP contribution in [0.15, 0.2) is 34.9 Å². The molecule has 1 aromatic heterocycles. The maximum Gasteiger partial charge on any atom is 0.0807 e. The maximum absolute atomic E-state index is 9.99. The molecule has 0 saturated carbocycles. The van der Waals surface area contributed by atoms with E-state index in [9.17, 15) is 5.11 Å². The number of aromatic nitrogens is 1. The van der Waals surface area contributed by atoms with Crippen molar-refractivity contribution in [1.29, 1.82) is 0 Å². The highest BCUT2D eigenvalue weighted by Crippen LogP contribution is 2.34. The first-order valence-electron chi connectivity index (χ1n) is 6.00. The van der Waals surface area contributed by atoms with Crippen molar-refractivity contribution in [3.8, 4) is 5.69 Å². The fraction of sp³-hybridized carbons (Fsp3) is 0.286. The Labute approximate surface area is 119 Å². The summed E-state index contributed by atoms with van der Waals surface area (Å²) in [5.41, 5.74) is 3.17. The first kappa shape index (κ1) is 12.3. The van der Waals surface area contributed by atoms with E-state index in [-0.39, 0.29) is 6.10 Å². The third-order valence-electron chi connectivity index (χ3n) is 3.45. The molecule has 0 bridgehead atoms. The van der Waals surface area contributed by atoms with Crippen molar-refractivity contribution in [2.45, 2.75) is 25.4 Å². The van der Waals surface area contributed by atoms with Gasteiger partial charge in [0, 0.05) is 21.9 Å². The standard InChI is InChI=1S/C14H13BrClNO/c15-9-4-5-11(16)13(8-9)17-7-6-10-12(17)2-1-3-14(10)18/h4-8,14,18H,1-3H2. The zero-order valence-corrected chi connectivity index (χ0v) is 12.1. The van der Waals surface area contributed by atoms with Gasteiger partial charge in [-0.1, -0.05) is 27.5 Å². The summed E-state index contributed by atoms with van der Waals surface area (Å²) in [6.07, 6.45) is 4.52. The fourth-order valence-electron chi connectivity index (χ4n) is 2.56. The number of aliphatic hydroxyl groups excluding tert-OH is 1. The molecule has 94 valence electrons. The van der Waals surface area contributed by atoms with Crippen LogP contribution in [0.5, 0.6) is 0 Å². The van der Waals surface area contributed by atoms with Crippen LogP contribution in [-0.2, 0) is 6.42 Å². The number of fused-ring (bicyclic) bond motifs is 1. The highest BCUT2D eigenvalue weighted by molar-refractivity contribution is 9.10. The lowest BCUT2D eigenvalue weighted by atomic mass is 9.95. The normalized spacial score (nSPS) is 18.7. The van der Waals surface area contributed by atoms with Gasteiger partial charge in [-0.2, -0.15) is 0 Å². The molecule has 1 atom stereocenters. The molecule has 1 aromatic carbocycles. The van der Waals surface area contributed by atoms with Crippen LogP contribution in [0.25, 0.3) is 5.69 Å². The number of rotatable bonds is 1. The van der Waals surface area contributed by atoms with Crippen molar-refractivity contribution in [3.05, 3.63) is 51.2 Å². The lowest BCUT2D eigenvalue weighted by Crippen LogP contribution is -2.11. The molecule has 1 aliphatic rings. The van der Waals surface area contributed by atoms with Gasteiger partial charge in [-0.3, -0.25) is 0 Å². The molecule has 3 rings (SSSR count). The number of hydrogen-bond acceptors (Lipinski definition) is 1. The summed E-state index contributed by atoms with van der Waals surface area (Å²) >= 11 is 9.73. The fourth-order valence-corrected chi connectivity index (χ4v) is 3.12. The molecule has 0 spiro atoms. The first-order valence-corrected chi connectivity index (χ1v) is 7.17.